The van der Waals surface area contributed by atoms with Crippen LogP contribution in [0.4, 0.5) is 4.79 Å². The van der Waals surface area contributed by atoms with E-state index in [1.807, 2.05) is 62.9 Å². The Morgan fingerprint density at radius 3 is 2.41 bits per heavy atom. The Morgan fingerprint density at radius 2 is 1.76 bits per heavy atom. The topological polar surface area (TPSA) is 59.5 Å². The second-order valence-electron chi connectivity index (χ2n) is 9.52. The van der Waals surface area contributed by atoms with Crippen molar-refractivity contribution in [2.45, 2.75) is 77.5 Å². The molecule has 2 aromatic rings. The van der Waals surface area contributed by atoms with Crippen molar-refractivity contribution in [1.29, 1.82) is 0 Å². The van der Waals surface area contributed by atoms with Gasteiger partial charge in [-0.25, -0.2) is 4.79 Å². The third kappa shape index (κ3) is 4.14. The molecule has 3 heterocycles. The molecule has 0 radical (unpaired) electrons. The third-order valence-corrected chi connectivity index (χ3v) is 6.06. The van der Waals surface area contributed by atoms with Gasteiger partial charge < -0.3 is 9.64 Å². The van der Waals surface area contributed by atoms with Gasteiger partial charge in [0.15, 0.2) is 5.78 Å². The molecule has 2 bridgehead atoms. The minimum atomic E-state index is -0.504. The zero-order valence-corrected chi connectivity index (χ0v) is 17.8. The average Bonchev–Trinajstić information content (AvgIpc) is 2.64. The second kappa shape index (κ2) is 7.43. The number of ketones is 1. The van der Waals surface area contributed by atoms with Crippen molar-refractivity contribution >= 4 is 22.8 Å². The molecule has 2 fully saturated rings. The number of Topliss-reactive ketones (excluding diaryl/α,β-unsaturated/α-hetero) is 1. The first kappa shape index (κ1) is 19.9. The predicted octanol–water partition coefficient (Wildman–Crippen LogP) is 5.29. The van der Waals surface area contributed by atoms with Crippen LogP contribution in [-0.4, -0.2) is 39.4 Å². The summed E-state index contributed by atoms with van der Waals surface area (Å²) in [5.41, 5.74) is 2.13. The van der Waals surface area contributed by atoms with Crippen LogP contribution in [0.5, 0.6) is 0 Å². The van der Waals surface area contributed by atoms with E-state index < -0.39 is 5.60 Å². The van der Waals surface area contributed by atoms with Crippen LogP contribution in [0.2, 0.25) is 0 Å². The number of aromatic nitrogens is 1. The summed E-state index contributed by atoms with van der Waals surface area (Å²) in [5.74, 6) is 0.146. The van der Waals surface area contributed by atoms with Crippen molar-refractivity contribution in [2.24, 2.45) is 5.92 Å². The van der Waals surface area contributed by atoms with Gasteiger partial charge in [-0.05, 0) is 84.1 Å². The maximum absolute atomic E-state index is 13.3. The monoisotopic (exact) mass is 394 g/mol. The molecule has 0 aliphatic carbocycles. The van der Waals surface area contributed by atoms with E-state index in [1.165, 1.54) is 0 Å². The fourth-order valence-corrected chi connectivity index (χ4v) is 4.82. The standard InChI is InChI=1S/C24H30N2O3/c1-15-8-9-16-12-17(10-11-21(16)25-15)22(27)18-13-19-6-5-7-20(14-18)26(19)23(28)29-24(2,3)4/h8-12,18-20H,5-7,13-14H2,1-4H3. The summed E-state index contributed by atoms with van der Waals surface area (Å²) >= 11 is 0. The number of fused-ring (bicyclic) bond motifs is 3. The van der Waals surface area contributed by atoms with Gasteiger partial charge in [-0.1, -0.05) is 6.07 Å². The predicted molar refractivity (Wildman–Crippen MR) is 113 cm³/mol. The molecular weight excluding hydrogens is 364 g/mol. The Labute approximate surface area is 172 Å². The van der Waals surface area contributed by atoms with Crippen molar-refractivity contribution in [2.75, 3.05) is 0 Å². The molecule has 1 aromatic carbocycles. The largest absolute Gasteiger partial charge is 0.444 e. The fourth-order valence-electron chi connectivity index (χ4n) is 4.82. The van der Waals surface area contributed by atoms with Gasteiger partial charge in [-0.15, -0.1) is 0 Å². The van der Waals surface area contributed by atoms with Crippen molar-refractivity contribution in [1.82, 2.24) is 9.88 Å². The fraction of sp³-hybridized carbons (Fsp3) is 0.542. The number of pyridine rings is 1. The van der Waals surface area contributed by atoms with Crippen LogP contribution in [0.1, 0.15) is 68.9 Å². The number of rotatable bonds is 2. The van der Waals surface area contributed by atoms with Gasteiger partial charge in [0.25, 0.3) is 0 Å². The van der Waals surface area contributed by atoms with Crippen molar-refractivity contribution in [3.05, 3.63) is 41.6 Å². The van der Waals surface area contributed by atoms with Crippen LogP contribution >= 0.6 is 0 Å². The molecule has 1 amide bonds. The molecule has 2 atom stereocenters. The quantitative estimate of drug-likeness (QED) is 0.649. The Balaban J connectivity index is 1.53. The van der Waals surface area contributed by atoms with Crippen molar-refractivity contribution < 1.29 is 14.3 Å². The summed E-state index contributed by atoms with van der Waals surface area (Å²) in [4.78, 5) is 32.5. The summed E-state index contributed by atoms with van der Waals surface area (Å²) in [6.45, 7) is 7.66. The molecule has 5 heteroatoms. The van der Waals surface area contributed by atoms with Gasteiger partial charge in [-0.2, -0.15) is 0 Å². The Kier molecular flexibility index (Phi) is 5.09. The zero-order valence-electron chi connectivity index (χ0n) is 17.8. The van der Waals surface area contributed by atoms with E-state index in [1.54, 1.807) is 0 Å². The van der Waals surface area contributed by atoms with E-state index in [0.29, 0.717) is 0 Å². The Hall–Kier alpha value is -2.43. The van der Waals surface area contributed by atoms with Crippen molar-refractivity contribution in [3.8, 4) is 0 Å². The molecule has 0 spiro atoms. The SMILES string of the molecule is Cc1ccc2cc(C(=O)C3CC4CCCC(C3)N4C(=O)OC(C)(C)C)ccc2n1. The number of hydrogen-bond acceptors (Lipinski definition) is 4. The number of nitrogens with zero attached hydrogens (tertiary/aromatic N) is 2. The van der Waals surface area contributed by atoms with Crippen LogP contribution in [-0.2, 0) is 4.74 Å². The number of ether oxygens (including phenoxy) is 1. The van der Waals surface area contributed by atoms with E-state index in [0.717, 1.165) is 54.3 Å². The highest BCUT2D eigenvalue weighted by atomic mass is 16.6. The van der Waals surface area contributed by atoms with E-state index in [4.69, 9.17) is 4.74 Å². The molecule has 4 rings (SSSR count). The lowest BCUT2D eigenvalue weighted by Gasteiger charge is -2.48. The number of benzene rings is 1. The lowest BCUT2D eigenvalue weighted by Crippen LogP contribution is -2.56. The lowest BCUT2D eigenvalue weighted by atomic mass is 9.76. The molecule has 0 saturated carbocycles. The lowest BCUT2D eigenvalue weighted by molar-refractivity contribution is -0.0260. The van der Waals surface area contributed by atoms with Crippen LogP contribution in [0, 0.1) is 12.8 Å². The number of carbonyl (C=O) groups is 2. The van der Waals surface area contributed by atoms with Gasteiger partial charge in [0.1, 0.15) is 5.60 Å². The van der Waals surface area contributed by atoms with Gasteiger partial charge in [0.2, 0.25) is 0 Å². The van der Waals surface area contributed by atoms with Crippen LogP contribution < -0.4 is 0 Å². The zero-order chi connectivity index (χ0) is 20.8. The maximum atomic E-state index is 13.3. The molecule has 0 N–H and O–H groups in total. The smallest absolute Gasteiger partial charge is 0.410 e. The van der Waals surface area contributed by atoms with E-state index >= 15 is 0 Å². The first-order valence-corrected chi connectivity index (χ1v) is 10.6. The van der Waals surface area contributed by atoms with Gasteiger partial charge in [0, 0.05) is 34.6 Å². The number of amides is 1. The molecule has 29 heavy (non-hydrogen) atoms. The number of piperidine rings is 2. The van der Waals surface area contributed by atoms with Crippen LogP contribution in [0.3, 0.4) is 0 Å². The van der Waals surface area contributed by atoms with Gasteiger partial charge in [0.05, 0.1) is 5.52 Å². The van der Waals surface area contributed by atoms with E-state index in [-0.39, 0.29) is 29.9 Å². The minimum absolute atomic E-state index is 0.0418. The summed E-state index contributed by atoms with van der Waals surface area (Å²) in [5, 5.41) is 0.993. The maximum Gasteiger partial charge on any atom is 0.410 e. The average molecular weight is 395 g/mol. The Morgan fingerprint density at radius 1 is 1.07 bits per heavy atom. The van der Waals surface area contributed by atoms with E-state index in [2.05, 4.69) is 4.98 Å². The van der Waals surface area contributed by atoms with Crippen LogP contribution in [0.15, 0.2) is 30.3 Å². The number of aryl methyl sites for hydroxylation is 1. The summed E-state index contributed by atoms with van der Waals surface area (Å²) in [6.07, 6.45) is 4.21. The normalized spacial score (nSPS) is 24.4. The highest BCUT2D eigenvalue weighted by Gasteiger charge is 2.44. The van der Waals surface area contributed by atoms with Gasteiger partial charge in [-0.3, -0.25) is 9.78 Å². The minimum Gasteiger partial charge on any atom is -0.444 e. The molecule has 1 aromatic heterocycles. The molecule has 2 aliphatic heterocycles. The van der Waals surface area contributed by atoms with Gasteiger partial charge >= 0.3 is 6.09 Å². The second-order valence-corrected chi connectivity index (χ2v) is 9.52. The highest BCUT2D eigenvalue weighted by Crippen LogP contribution is 2.39. The number of carbonyl (C=O) groups excluding carboxylic acids is 2. The summed E-state index contributed by atoms with van der Waals surface area (Å²) in [6, 6.07) is 9.97. The molecule has 2 aliphatic rings. The molecule has 2 saturated heterocycles. The van der Waals surface area contributed by atoms with Crippen LogP contribution in [0.25, 0.3) is 10.9 Å². The highest BCUT2D eigenvalue weighted by molar-refractivity contribution is 6.01. The Bertz CT molecular complexity index is 933. The van der Waals surface area contributed by atoms with Crippen molar-refractivity contribution in [3.63, 3.8) is 0 Å². The number of hydrogen-bond donors (Lipinski definition) is 0. The first-order valence-electron chi connectivity index (χ1n) is 10.6. The summed E-state index contributed by atoms with van der Waals surface area (Å²) in [7, 11) is 0. The molecule has 5 nitrogen and oxygen atoms in total. The molecule has 154 valence electrons. The summed E-state index contributed by atoms with van der Waals surface area (Å²) < 4.78 is 5.65. The molecular formula is C24H30N2O3. The van der Waals surface area contributed by atoms with E-state index in [9.17, 15) is 9.59 Å². The third-order valence-electron chi connectivity index (χ3n) is 6.06. The molecule has 2 unspecified atom stereocenters. The first-order chi connectivity index (χ1) is 13.7.